The smallest absolute Gasteiger partial charge is 0.391 e. The fraction of sp³-hybridized carbons (Fsp3) is 0.500. The summed E-state index contributed by atoms with van der Waals surface area (Å²) in [6.45, 7) is 3.79. The second-order valence-corrected chi connectivity index (χ2v) is 15.4. The van der Waals surface area contributed by atoms with Crippen molar-refractivity contribution in [1.29, 1.82) is 0 Å². The van der Waals surface area contributed by atoms with Gasteiger partial charge in [0.1, 0.15) is 22.8 Å². The topological polar surface area (TPSA) is 89.2 Å². The third-order valence-corrected chi connectivity index (χ3v) is 12.3. The van der Waals surface area contributed by atoms with Crippen LogP contribution in [-0.4, -0.2) is 64.4 Å². The summed E-state index contributed by atoms with van der Waals surface area (Å²) in [5.41, 5.74) is 7.62. The number of halogens is 5. The lowest BCUT2D eigenvalue weighted by atomic mass is 9.93. The monoisotopic (exact) mass is 688 g/mol. The van der Waals surface area contributed by atoms with Crippen LogP contribution < -0.4 is 15.8 Å². The molecule has 2 saturated heterocycles. The predicted molar refractivity (Wildman–Crippen MR) is 179 cm³/mol. The Bertz CT molecular complexity index is 2100. The molecule has 2 unspecified atom stereocenters. The summed E-state index contributed by atoms with van der Waals surface area (Å²) in [5.74, 6) is 0.641. The van der Waals surface area contributed by atoms with Gasteiger partial charge in [-0.3, -0.25) is 0 Å². The molecular weight excluding hydrogens is 651 g/mol. The van der Waals surface area contributed by atoms with E-state index in [0.717, 1.165) is 12.8 Å². The molecular formula is C38H37F5N6O. The predicted octanol–water partition coefficient (Wildman–Crippen LogP) is 6.66. The van der Waals surface area contributed by atoms with Crippen molar-refractivity contribution in [2.24, 2.45) is 28.6 Å². The van der Waals surface area contributed by atoms with Crippen LogP contribution in [0.15, 0.2) is 30.3 Å². The van der Waals surface area contributed by atoms with Crippen LogP contribution >= 0.6 is 0 Å². The lowest BCUT2D eigenvalue weighted by Gasteiger charge is -2.35. The van der Waals surface area contributed by atoms with E-state index in [2.05, 4.69) is 33.0 Å². The van der Waals surface area contributed by atoms with Crippen LogP contribution in [0.5, 0.6) is 6.01 Å². The first-order chi connectivity index (χ1) is 23.9. The normalized spacial score (nSPS) is 27.3. The van der Waals surface area contributed by atoms with E-state index in [4.69, 9.17) is 21.9 Å². The standard InChI is InChI=1S/C38H37F5N6O/c1-3-22-24(39)8-7-20-5-4-6-23(27(20)22)31-30(40)32-28(25(45-31)15-19(2)29-33-37(29)16-26(37)46-33)34(44)48-35(47-32)50-18-36(11-12-36)17-49-13-9-21(10-14-49)38(41,42)43/h1,4-8,19,21,26,29,33,46H,9-18H2,2H3,(H2,44,47,48)/t19-,26-,29?,33+,37?/m0/s1. The molecule has 0 radical (unpaired) electrons. The van der Waals surface area contributed by atoms with E-state index in [1.807, 2.05) is 0 Å². The van der Waals surface area contributed by atoms with E-state index in [9.17, 15) is 17.6 Å². The number of likely N-dealkylation sites (tertiary alicyclic amines) is 1. The first-order valence-corrected chi connectivity index (χ1v) is 17.4. The van der Waals surface area contributed by atoms with Crippen LogP contribution in [0.3, 0.4) is 0 Å². The molecule has 7 nitrogen and oxygen atoms in total. The molecule has 4 heterocycles. The number of rotatable bonds is 9. The summed E-state index contributed by atoms with van der Waals surface area (Å²) in [6.07, 6.45) is 5.19. The van der Waals surface area contributed by atoms with Crippen molar-refractivity contribution < 1.29 is 26.7 Å². The van der Waals surface area contributed by atoms with Gasteiger partial charge in [-0.05, 0) is 74.9 Å². The number of alkyl halides is 3. The summed E-state index contributed by atoms with van der Waals surface area (Å²) < 4.78 is 77.5. The van der Waals surface area contributed by atoms with Crippen molar-refractivity contribution in [3.8, 4) is 29.6 Å². The third-order valence-electron chi connectivity index (χ3n) is 12.3. The molecule has 3 saturated carbocycles. The van der Waals surface area contributed by atoms with Crippen molar-refractivity contribution in [2.45, 2.75) is 63.7 Å². The SMILES string of the molecule is C#Cc1c(F)ccc2cccc(-c3nc(C[C@H](C)C4[C@H]5N[C@H]6CC465)c4c(N)nc(OCC5(CN6CCC(C(F)(F)F)CC6)CC5)nc4c3F)c12. The molecule has 260 valence electrons. The summed E-state index contributed by atoms with van der Waals surface area (Å²) in [7, 11) is 0. The highest BCUT2D eigenvalue weighted by molar-refractivity contribution is 6.02. The molecule has 12 heteroatoms. The minimum absolute atomic E-state index is 0.00303. The van der Waals surface area contributed by atoms with Crippen LogP contribution in [0, 0.1) is 52.6 Å². The molecule has 50 heavy (non-hydrogen) atoms. The number of benzene rings is 2. The first kappa shape index (κ1) is 31.9. The van der Waals surface area contributed by atoms with Crippen molar-refractivity contribution in [1.82, 2.24) is 25.2 Å². The van der Waals surface area contributed by atoms with Gasteiger partial charge in [0.25, 0.3) is 0 Å². The molecule has 2 aromatic heterocycles. The van der Waals surface area contributed by atoms with Gasteiger partial charge in [0.05, 0.1) is 29.2 Å². The number of pyridine rings is 1. The van der Waals surface area contributed by atoms with Crippen molar-refractivity contribution >= 4 is 27.5 Å². The molecule has 2 aliphatic heterocycles. The Balaban J connectivity index is 1.06. The largest absolute Gasteiger partial charge is 0.463 e. The zero-order chi connectivity index (χ0) is 34.7. The van der Waals surface area contributed by atoms with Gasteiger partial charge in [-0.25, -0.2) is 13.8 Å². The van der Waals surface area contributed by atoms with Gasteiger partial charge >= 0.3 is 12.2 Å². The molecule has 5 aliphatic rings. The number of nitrogens with two attached hydrogens (primary N) is 1. The van der Waals surface area contributed by atoms with E-state index in [0.29, 0.717) is 76.9 Å². The molecule has 1 spiro atoms. The quantitative estimate of drug-likeness (QED) is 0.150. The van der Waals surface area contributed by atoms with Crippen LogP contribution in [0.4, 0.5) is 27.8 Å². The maximum Gasteiger partial charge on any atom is 0.391 e. The Kier molecular flexibility index (Phi) is 6.99. The fourth-order valence-electron chi connectivity index (χ4n) is 9.35. The van der Waals surface area contributed by atoms with Crippen molar-refractivity contribution in [3.05, 3.63) is 53.2 Å². The zero-order valence-electron chi connectivity index (χ0n) is 27.6. The number of hydrogen-bond donors (Lipinski definition) is 2. The molecule has 0 bridgehead atoms. The van der Waals surface area contributed by atoms with Gasteiger partial charge in [0, 0.05) is 40.4 Å². The lowest BCUT2D eigenvalue weighted by molar-refractivity contribution is -0.185. The average Bonchev–Trinajstić information content (AvgIpc) is 4.04. The van der Waals surface area contributed by atoms with Gasteiger partial charge in [-0.15, -0.1) is 6.42 Å². The number of ether oxygens (including phenoxy) is 1. The Labute approximate surface area is 286 Å². The summed E-state index contributed by atoms with van der Waals surface area (Å²) in [5, 5.41) is 4.98. The van der Waals surface area contributed by atoms with E-state index >= 15 is 4.39 Å². The number of nitrogens with one attached hydrogen (secondary N) is 1. The Morgan fingerprint density at radius 1 is 1.10 bits per heavy atom. The van der Waals surface area contributed by atoms with E-state index in [-0.39, 0.29) is 59.4 Å². The highest BCUT2D eigenvalue weighted by atomic mass is 19.4. The number of hydrogen-bond acceptors (Lipinski definition) is 7. The fourth-order valence-corrected chi connectivity index (χ4v) is 9.35. The number of nitrogen functional groups attached to an aromatic ring is 1. The number of nitrogens with zero attached hydrogens (tertiary/aromatic N) is 4. The molecule has 4 aromatic rings. The Morgan fingerprint density at radius 2 is 1.88 bits per heavy atom. The van der Waals surface area contributed by atoms with Gasteiger partial charge in [0.15, 0.2) is 5.82 Å². The summed E-state index contributed by atoms with van der Waals surface area (Å²) in [6, 6.07) is 9.16. The highest BCUT2D eigenvalue weighted by Gasteiger charge is 2.86. The van der Waals surface area contributed by atoms with Crippen LogP contribution in [0.2, 0.25) is 0 Å². The van der Waals surface area contributed by atoms with Crippen LogP contribution in [0.1, 0.15) is 50.3 Å². The molecule has 0 amide bonds. The average molecular weight is 689 g/mol. The number of aromatic nitrogens is 3. The maximum absolute atomic E-state index is 16.9. The number of fused-ring (bicyclic) bond motifs is 2. The van der Waals surface area contributed by atoms with Crippen LogP contribution in [0.25, 0.3) is 32.9 Å². The van der Waals surface area contributed by atoms with Crippen LogP contribution in [-0.2, 0) is 6.42 Å². The molecule has 2 aromatic carbocycles. The first-order valence-electron chi connectivity index (χ1n) is 17.4. The van der Waals surface area contributed by atoms with Gasteiger partial charge in [-0.2, -0.15) is 23.1 Å². The molecule has 5 fully saturated rings. The number of piperidine rings is 2. The van der Waals surface area contributed by atoms with Gasteiger partial charge < -0.3 is 20.7 Å². The van der Waals surface area contributed by atoms with Crippen molar-refractivity contribution in [3.63, 3.8) is 0 Å². The summed E-state index contributed by atoms with van der Waals surface area (Å²) >= 11 is 0. The van der Waals surface area contributed by atoms with E-state index in [1.165, 1.54) is 12.5 Å². The second-order valence-electron chi connectivity index (χ2n) is 15.4. The second kappa shape index (κ2) is 11.0. The molecule has 3 aliphatic carbocycles. The highest BCUT2D eigenvalue weighted by Crippen LogP contribution is 2.79. The van der Waals surface area contributed by atoms with E-state index < -0.39 is 23.7 Å². The third kappa shape index (κ3) is 4.94. The minimum Gasteiger partial charge on any atom is -0.463 e. The zero-order valence-corrected chi connectivity index (χ0v) is 27.6. The Morgan fingerprint density at radius 3 is 2.52 bits per heavy atom. The Hall–Kier alpha value is -4.08. The van der Waals surface area contributed by atoms with Gasteiger partial charge in [0.2, 0.25) is 0 Å². The van der Waals surface area contributed by atoms with Gasteiger partial charge in [-0.1, -0.05) is 37.1 Å². The van der Waals surface area contributed by atoms with E-state index in [1.54, 1.807) is 24.3 Å². The number of terminal acetylenes is 1. The summed E-state index contributed by atoms with van der Waals surface area (Å²) in [4.78, 5) is 16.0. The van der Waals surface area contributed by atoms with Crippen molar-refractivity contribution in [2.75, 3.05) is 32.0 Å². The maximum atomic E-state index is 16.9. The molecule has 5 atom stereocenters. The lowest BCUT2D eigenvalue weighted by Crippen LogP contribution is -2.42. The minimum atomic E-state index is -4.16. The number of anilines is 1. The molecule has 9 rings (SSSR count). The molecule has 3 N–H and O–H groups in total.